The van der Waals surface area contributed by atoms with Crippen LogP contribution in [-0.4, -0.2) is 13.1 Å². The fraction of sp³-hybridized carbons (Fsp3) is 0.364. The van der Waals surface area contributed by atoms with Gasteiger partial charge in [0.15, 0.2) is 0 Å². The summed E-state index contributed by atoms with van der Waals surface area (Å²) in [5.74, 6) is -0.493. The average molecular weight is 275 g/mol. The van der Waals surface area contributed by atoms with E-state index in [0.717, 1.165) is 5.56 Å². The van der Waals surface area contributed by atoms with Crippen molar-refractivity contribution in [3.63, 3.8) is 0 Å². The van der Waals surface area contributed by atoms with Gasteiger partial charge in [-0.05, 0) is 24.1 Å². The summed E-state index contributed by atoms with van der Waals surface area (Å²) in [6.45, 7) is 0. The Morgan fingerprint density at radius 2 is 2.07 bits per heavy atom. The molecule has 1 aromatic carbocycles. The van der Waals surface area contributed by atoms with E-state index in [1.807, 2.05) is 0 Å². The van der Waals surface area contributed by atoms with Gasteiger partial charge in [-0.2, -0.15) is 0 Å². The lowest BCUT2D eigenvalue weighted by molar-refractivity contribution is -0.140. The van der Waals surface area contributed by atoms with E-state index < -0.39 is 0 Å². The van der Waals surface area contributed by atoms with Crippen LogP contribution in [0.1, 0.15) is 23.2 Å². The van der Waals surface area contributed by atoms with Gasteiger partial charge in [0.25, 0.3) is 0 Å². The van der Waals surface area contributed by atoms with Gasteiger partial charge in [0, 0.05) is 11.2 Å². The summed E-state index contributed by atoms with van der Waals surface area (Å²) < 4.78 is 17.2. The zero-order valence-corrected chi connectivity index (χ0v) is 9.96. The number of halogens is 2. The van der Waals surface area contributed by atoms with Crippen molar-refractivity contribution in [1.82, 2.24) is 0 Å². The van der Waals surface area contributed by atoms with Gasteiger partial charge in [-0.1, -0.05) is 28.1 Å². The Labute approximate surface area is 96.6 Å². The molecule has 0 saturated carbocycles. The summed E-state index contributed by atoms with van der Waals surface area (Å²) in [7, 11) is 1.36. The predicted molar refractivity (Wildman–Crippen MR) is 59.3 cm³/mol. The zero-order valence-electron chi connectivity index (χ0n) is 8.37. The number of alkyl halides is 1. The molecule has 1 aromatic rings. The number of rotatable bonds is 4. The number of benzene rings is 1. The number of hydrogen-bond donors (Lipinski definition) is 0. The third-order valence-electron chi connectivity index (χ3n) is 2.06. The highest BCUT2D eigenvalue weighted by Gasteiger charge is 2.10. The SMILES string of the molecule is COC(=O)CCC(Br)c1ccc(F)cc1. The van der Waals surface area contributed by atoms with Gasteiger partial charge in [0.2, 0.25) is 0 Å². The first-order valence-corrected chi connectivity index (χ1v) is 5.51. The van der Waals surface area contributed by atoms with Crippen molar-refractivity contribution in [3.8, 4) is 0 Å². The minimum absolute atomic E-state index is 0.0530. The zero-order chi connectivity index (χ0) is 11.3. The number of carbonyl (C=O) groups is 1. The summed E-state index contributed by atoms with van der Waals surface area (Å²) in [5.41, 5.74) is 0.959. The molecule has 0 radical (unpaired) electrons. The molecule has 15 heavy (non-hydrogen) atoms. The lowest BCUT2D eigenvalue weighted by Gasteiger charge is -2.08. The molecule has 0 aliphatic heterocycles. The third kappa shape index (κ3) is 4.00. The first-order chi connectivity index (χ1) is 7.13. The fourth-order valence-electron chi connectivity index (χ4n) is 1.18. The number of ether oxygens (including phenoxy) is 1. The number of methoxy groups -OCH3 is 1. The van der Waals surface area contributed by atoms with E-state index in [4.69, 9.17) is 0 Å². The Balaban J connectivity index is 2.50. The highest BCUT2D eigenvalue weighted by atomic mass is 79.9. The summed E-state index contributed by atoms with van der Waals surface area (Å²) >= 11 is 3.44. The standard InChI is InChI=1S/C11H12BrFO2/c1-15-11(14)7-6-10(12)8-2-4-9(13)5-3-8/h2-5,10H,6-7H2,1H3. The van der Waals surface area contributed by atoms with Crippen LogP contribution >= 0.6 is 15.9 Å². The van der Waals surface area contributed by atoms with Gasteiger partial charge in [-0.25, -0.2) is 4.39 Å². The van der Waals surface area contributed by atoms with Crippen molar-refractivity contribution in [2.45, 2.75) is 17.7 Å². The van der Waals surface area contributed by atoms with Crippen LogP contribution in [0.25, 0.3) is 0 Å². The summed E-state index contributed by atoms with van der Waals surface area (Å²) in [4.78, 5) is 11.0. The van der Waals surface area contributed by atoms with E-state index in [2.05, 4.69) is 20.7 Å². The molecule has 0 heterocycles. The molecule has 2 nitrogen and oxygen atoms in total. The van der Waals surface area contributed by atoms with Crippen molar-refractivity contribution in [3.05, 3.63) is 35.6 Å². The molecule has 1 atom stereocenters. The van der Waals surface area contributed by atoms with E-state index in [0.29, 0.717) is 12.8 Å². The highest BCUT2D eigenvalue weighted by Crippen LogP contribution is 2.27. The molecule has 1 unspecified atom stereocenters. The summed E-state index contributed by atoms with van der Waals surface area (Å²) in [6.07, 6.45) is 0.988. The molecule has 82 valence electrons. The monoisotopic (exact) mass is 274 g/mol. The Bertz CT molecular complexity index is 324. The second-order valence-corrected chi connectivity index (χ2v) is 4.24. The van der Waals surface area contributed by atoms with E-state index in [1.165, 1.54) is 19.2 Å². The summed E-state index contributed by atoms with van der Waals surface area (Å²) in [6, 6.07) is 6.21. The van der Waals surface area contributed by atoms with E-state index in [9.17, 15) is 9.18 Å². The molecular weight excluding hydrogens is 263 g/mol. The van der Waals surface area contributed by atoms with Gasteiger partial charge < -0.3 is 4.74 Å². The maximum absolute atomic E-state index is 12.6. The highest BCUT2D eigenvalue weighted by molar-refractivity contribution is 9.09. The molecule has 1 rings (SSSR count). The van der Waals surface area contributed by atoms with E-state index >= 15 is 0 Å². The maximum atomic E-state index is 12.6. The minimum Gasteiger partial charge on any atom is -0.469 e. The quantitative estimate of drug-likeness (QED) is 0.623. The van der Waals surface area contributed by atoms with Crippen LogP contribution in [0.4, 0.5) is 4.39 Å². The van der Waals surface area contributed by atoms with Crippen molar-refractivity contribution in [2.75, 3.05) is 7.11 Å². The topological polar surface area (TPSA) is 26.3 Å². The largest absolute Gasteiger partial charge is 0.469 e. The van der Waals surface area contributed by atoms with Crippen LogP contribution in [0.15, 0.2) is 24.3 Å². The first kappa shape index (κ1) is 12.2. The Kier molecular flexibility index (Phi) is 4.75. The Morgan fingerprint density at radius 1 is 1.47 bits per heavy atom. The molecule has 0 N–H and O–H groups in total. The normalized spacial score (nSPS) is 12.2. The van der Waals surface area contributed by atoms with Crippen LogP contribution in [-0.2, 0) is 9.53 Å². The molecular formula is C11H12BrFO2. The molecule has 0 aromatic heterocycles. The molecule has 4 heteroatoms. The Hall–Kier alpha value is -0.900. The lowest BCUT2D eigenvalue weighted by atomic mass is 10.1. The van der Waals surface area contributed by atoms with Crippen LogP contribution in [0, 0.1) is 5.82 Å². The Morgan fingerprint density at radius 3 is 2.60 bits per heavy atom. The van der Waals surface area contributed by atoms with Gasteiger partial charge in [-0.15, -0.1) is 0 Å². The molecule has 0 bridgehead atoms. The number of carbonyl (C=O) groups excluding carboxylic acids is 1. The van der Waals surface area contributed by atoms with E-state index in [-0.39, 0.29) is 16.6 Å². The smallest absolute Gasteiger partial charge is 0.305 e. The van der Waals surface area contributed by atoms with Crippen molar-refractivity contribution >= 4 is 21.9 Å². The fourth-order valence-corrected chi connectivity index (χ4v) is 1.72. The molecule has 0 aliphatic rings. The van der Waals surface area contributed by atoms with Gasteiger partial charge >= 0.3 is 5.97 Å². The first-order valence-electron chi connectivity index (χ1n) is 4.60. The van der Waals surface area contributed by atoms with Crippen LogP contribution < -0.4 is 0 Å². The third-order valence-corrected chi connectivity index (χ3v) is 3.05. The van der Waals surface area contributed by atoms with Gasteiger partial charge in [-0.3, -0.25) is 4.79 Å². The maximum Gasteiger partial charge on any atom is 0.305 e. The second-order valence-electron chi connectivity index (χ2n) is 3.13. The number of hydrogen-bond acceptors (Lipinski definition) is 2. The van der Waals surface area contributed by atoms with Crippen molar-refractivity contribution < 1.29 is 13.9 Å². The lowest BCUT2D eigenvalue weighted by Crippen LogP contribution is -2.01. The van der Waals surface area contributed by atoms with Crippen LogP contribution in [0.5, 0.6) is 0 Å². The van der Waals surface area contributed by atoms with Gasteiger partial charge in [0.1, 0.15) is 5.82 Å². The van der Waals surface area contributed by atoms with Crippen molar-refractivity contribution in [2.24, 2.45) is 0 Å². The minimum atomic E-state index is -0.258. The molecule has 0 saturated heterocycles. The number of esters is 1. The predicted octanol–water partition coefficient (Wildman–Crippen LogP) is 3.21. The molecule has 0 aliphatic carbocycles. The second kappa shape index (κ2) is 5.85. The van der Waals surface area contributed by atoms with E-state index in [1.54, 1.807) is 12.1 Å². The molecule has 0 amide bonds. The molecule has 0 fully saturated rings. The van der Waals surface area contributed by atoms with Gasteiger partial charge in [0.05, 0.1) is 7.11 Å². The molecule has 0 spiro atoms. The van der Waals surface area contributed by atoms with Crippen LogP contribution in [0.2, 0.25) is 0 Å². The van der Waals surface area contributed by atoms with Crippen LogP contribution in [0.3, 0.4) is 0 Å². The summed E-state index contributed by atoms with van der Waals surface area (Å²) in [5, 5.41) is 0. The average Bonchev–Trinajstić information content (AvgIpc) is 2.26. The van der Waals surface area contributed by atoms with Crippen molar-refractivity contribution in [1.29, 1.82) is 0 Å².